The molecule has 0 aromatic carbocycles. The van der Waals surface area contributed by atoms with Crippen LogP contribution in [0, 0.1) is 5.41 Å². The normalized spacial score (nSPS) is 25.6. The molecule has 2 fully saturated rings. The molecule has 3 N–H and O–H groups in total. The fraction of sp³-hybridized carbons (Fsp3) is 0.833. The standard InChI is InChI=1S/C12H20N2O4/c15-7-9-3-1-6-14(9)11(18)13-8-12(10(16)17)4-2-5-12/h9,15H,1-8H2,(H,13,18)(H,16,17). The highest BCUT2D eigenvalue weighted by Crippen LogP contribution is 2.40. The van der Waals surface area contributed by atoms with Gasteiger partial charge in [0, 0.05) is 13.1 Å². The van der Waals surface area contributed by atoms with E-state index in [4.69, 9.17) is 10.2 Å². The first-order chi connectivity index (χ1) is 8.59. The van der Waals surface area contributed by atoms with Gasteiger partial charge in [0.25, 0.3) is 0 Å². The van der Waals surface area contributed by atoms with Gasteiger partial charge in [0.15, 0.2) is 0 Å². The van der Waals surface area contributed by atoms with Gasteiger partial charge >= 0.3 is 12.0 Å². The minimum absolute atomic E-state index is 0.0303. The number of carboxylic acids is 1. The van der Waals surface area contributed by atoms with Crippen LogP contribution >= 0.6 is 0 Å². The molecule has 1 aliphatic carbocycles. The van der Waals surface area contributed by atoms with Crippen LogP contribution in [0.15, 0.2) is 0 Å². The number of rotatable bonds is 4. The molecule has 18 heavy (non-hydrogen) atoms. The molecule has 1 unspecified atom stereocenters. The van der Waals surface area contributed by atoms with Crippen LogP contribution in [0.3, 0.4) is 0 Å². The second kappa shape index (κ2) is 5.14. The van der Waals surface area contributed by atoms with Crippen molar-refractivity contribution in [2.75, 3.05) is 19.7 Å². The van der Waals surface area contributed by atoms with E-state index < -0.39 is 11.4 Å². The number of hydrogen-bond donors (Lipinski definition) is 3. The predicted molar refractivity (Wildman–Crippen MR) is 64.1 cm³/mol. The summed E-state index contributed by atoms with van der Waals surface area (Å²) >= 11 is 0. The SMILES string of the molecule is O=C(NCC1(C(=O)O)CCC1)N1CCCC1CO. The Kier molecular flexibility index (Phi) is 3.75. The molecule has 6 heteroatoms. The third-order valence-electron chi connectivity index (χ3n) is 4.19. The van der Waals surface area contributed by atoms with Gasteiger partial charge < -0.3 is 20.4 Å². The summed E-state index contributed by atoms with van der Waals surface area (Å²) in [6.45, 7) is 0.796. The molecule has 0 bridgehead atoms. The van der Waals surface area contributed by atoms with Crippen LogP contribution in [0.25, 0.3) is 0 Å². The maximum absolute atomic E-state index is 11.9. The lowest BCUT2D eigenvalue weighted by Gasteiger charge is -2.38. The summed E-state index contributed by atoms with van der Waals surface area (Å²) in [5.41, 5.74) is -0.760. The third-order valence-corrected chi connectivity index (χ3v) is 4.19. The number of nitrogens with zero attached hydrogens (tertiary/aromatic N) is 1. The van der Waals surface area contributed by atoms with Gasteiger partial charge in [-0.3, -0.25) is 4.79 Å². The van der Waals surface area contributed by atoms with Crippen LogP contribution in [0.4, 0.5) is 4.79 Å². The average Bonchev–Trinajstić information content (AvgIpc) is 2.74. The zero-order valence-corrected chi connectivity index (χ0v) is 10.4. The van der Waals surface area contributed by atoms with E-state index in [0.29, 0.717) is 19.4 Å². The van der Waals surface area contributed by atoms with Crippen LogP contribution < -0.4 is 5.32 Å². The Morgan fingerprint density at radius 1 is 1.33 bits per heavy atom. The Morgan fingerprint density at radius 3 is 2.56 bits per heavy atom. The Morgan fingerprint density at radius 2 is 2.06 bits per heavy atom. The van der Waals surface area contributed by atoms with Crippen LogP contribution in [0.1, 0.15) is 32.1 Å². The van der Waals surface area contributed by atoms with Gasteiger partial charge in [0.1, 0.15) is 0 Å². The average molecular weight is 256 g/mol. The van der Waals surface area contributed by atoms with Gasteiger partial charge in [0.2, 0.25) is 0 Å². The minimum Gasteiger partial charge on any atom is -0.481 e. The first-order valence-corrected chi connectivity index (χ1v) is 6.48. The fourth-order valence-electron chi connectivity index (χ4n) is 2.71. The molecule has 0 aromatic rings. The smallest absolute Gasteiger partial charge is 0.317 e. The minimum atomic E-state index is -0.825. The highest BCUT2D eigenvalue weighted by atomic mass is 16.4. The highest BCUT2D eigenvalue weighted by molar-refractivity contribution is 5.79. The number of carbonyl (C=O) groups excluding carboxylic acids is 1. The lowest BCUT2D eigenvalue weighted by atomic mass is 9.69. The summed E-state index contributed by atoms with van der Waals surface area (Å²) in [6, 6.07) is -0.369. The zero-order chi connectivity index (χ0) is 13.2. The highest BCUT2D eigenvalue weighted by Gasteiger charge is 2.45. The molecule has 2 amide bonds. The van der Waals surface area contributed by atoms with Crippen molar-refractivity contribution in [3.05, 3.63) is 0 Å². The number of carboxylic acid groups (broad SMARTS) is 1. The van der Waals surface area contributed by atoms with Crippen molar-refractivity contribution in [2.24, 2.45) is 5.41 Å². The van der Waals surface area contributed by atoms with E-state index in [0.717, 1.165) is 19.3 Å². The van der Waals surface area contributed by atoms with Crippen molar-refractivity contribution in [2.45, 2.75) is 38.1 Å². The second-order valence-corrected chi connectivity index (χ2v) is 5.27. The monoisotopic (exact) mass is 256 g/mol. The number of carbonyl (C=O) groups is 2. The van der Waals surface area contributed by atoms with Gasteiger partial charge in [-0.1, -0.05) is 6.42 Å². The molecule has 2 rings (SSSR count). The number of nitrogens with one attached hydrogen (secondary N) is 1. The molecule has 0 aromatic heterocycles. The van der Waals surface area contributed by atoms with E-state index in [-0.39, 0.29) is 25.2 Å². The van der Waals surface area contributed by atoms with Crippen molar-refractivity contribution in [1.29, 1.82) is 0 Å². The van der Waals surface area contributed by atoms with Crippen LogP contribution in [-0.4, -0.2) is 52.9 Å². The van der Waals surface area contributed by atoms with Gasteiger partial charge in [0.05, 0.1) is 18.1 Å². The molecule has 1 atom stereocenters. The number of aliphatic hydroxyl groups excluding tert-OH is 1. The summed E-state index contributed by atoms with van der Waals surface area (Å²) in [5, 5.41) is 21.0. The first kappa shape index (κ1) is 13.1. The number of likely N-dealkylation sites (tertiary alicyclic amines) is 1. The van der Waals surface area contributed by atoms with Crippen molar-refractivity contribution in [1.82, 2.24) is 10.2 Å². The summed E-state index contributed by atoms with van der Waals surface area (Å²) in [6.07, 6.45) is 3.87. The Balaban J connectivity index is 1.86. The number of amides is 2. The molecule has 2 aliphatic rings. The number of hydrogen-bond acceptors (Lipinski definition) is 3. The molecular weight excluding hydrogens is 236 g/mol. The molecule has 1 saturated heterocycles. The predicted octanol–water partition coefficient (Wildman–Crippen LogP) is 0.408. The first-order valence-electron chi connectivity index (χ1n) is 6.48. The second-order valence-electron chi connectivity index (χ2n) is 5.27. The molecule has 6 nitrogen and oxygen atoms in total. The summed E-state index contributed by atoms with van der Waals surface area (Å²) in [4.78, 5) is 24.7. The number of aliphatic hydroxyl groups is 1. The van der Waals surface area contributed by atoms with Gasteiger partial charge in [-0.15, -0.1) is 0 Å². The molecule has 0 radical (unpaired) electrons. The van der Waals surface area contributed by atoms with Gasteiger partial charge in [-0.2, -0.15) is 0 Å². The van der Waals surface area contributed by atoms with Gasteiger partial charge in [-0.05, 0) is 25.7 Å². The maximum atomic E-state index is 11.9. The summed E-state index contributed by atoms with van der Waals surface area (Å²) in [5.74, 6) is -0.825. The quantitative estimate of drug-likeness (QED) is 0.679. The molecule has 1 heterocycles. The largest absolute Gasteiger partial charge is 0.481 e. The van der Waals surface area contributed by atoms with E-state index in [2.05, 4.69) is 5.32 Å². The lowest BCUT2D eigenvalue weighted by Crippen LogP contribution is -2.51. The summed E-state index contributed by atoms with van der Waals surface area (Å²) < 4.78 is 0. The lowest BCUT2D eigenvalue weighted by molar-refractivity contribution is -0.153. The van der Waals surface area contributed by atoms with Crippen LogP contribution in [0.5, 0.6) is 0 Å². The van der Waals surface area contributed by atoms with Crippen LogP contribution in [0.2, 0.25) is 0 Å². The van der Waals surface area contributed by atoms with Crippen molar-refractivity contribution in [3.63, 3.8) is 0 Å². The topological polar surface area (TPSA) is 89.9 Å². The Labute approximate surface area is 106 Å². The zero-order valence-electron chi connectivity index (χ0n) is 10.4. The van der Waals surface area contributed by atoms with E-state index >= 15 is 0 Å². The van der Waals surface area contributed by atoms with Crippen molar-refractivity contribution in [3.8, 4) is 0 Å². The van der Waals surface area contributed by atoms with Crippen molar-refractivity contribution < 1.29 is 19.8 Å². The fourth-order valence-corrected chi connectivity index (χ4v) is 2.71. The molecule has 1 saturated carbocycles. The Hall–Kier alpha value is -1.30. The molecule has 1 aliphatic heterocycles. The Bertz CT molecular complexity index is 341. The maximum Gasteiger partial charge on any atom is 0.317 e. The molecule has 0 spiro atoms. The summed E-state index contributed by atoms with van der Waals surface area (Å²) in [7, 11) is 0. The van der Waals surface area contributed by atoms with E-state index in [1.165, 1.54) is 0 Å². The van der Waals surface area contributed by atoms with E-state index in [1.807, 2.05) is 0 Å². The van der Waals surface area contributed by atoms with Crippen LogP contribution in [-0.2, 0) is 4.79 Å². The third kappa shape index (κ3) is 2.29. The number of urea groups is 1. The number of aliphatic carboxylic acids is 1. The van der Waals surface area contributed by atoms with Gasteiger partial charge in [-0.25, -0.2) is 4.79 Å². The molecule has 102 valence electrons. The van der Waals surface area contributed by atoms with E-state index in [9.17, 15) is 9.59 Å². The molecular formula is C12H20N2O4. The van der Waals surface area contributed by atoms with Crippen molar-refractivity contribution >= 4 is 12.0 Å². The van der Waals surface area contributed by atoms with E-state index in [1.54, 1.807) is 4.90 Å².